The van der Waals surface area contributed by atoms with Crippen molar-refractivity contribution in [2.45, 2.75) is 13.0 Å². The fourth-order valence-corrected chi connectivity index (χ4v) is 2.33. The van der Waals surface area contributed by atoms with E-state index in [1.165, 1.54) is 12.1 Å². The van der Waals surface area contributed by atoms with Crippen molar-refractivity contribution in [1.82, 2.24) is 4.98 Å². The van der Waals surface area contributed by atoms with Gasteiger partial charge in [0.2, 0.25) is 0 Å². The van der Waals surface area contributed by atoms with E-state index in [4.69, 9.17) is 10.1 Å². The van der Waals surface area contributed by atoms with Gasteiger partial charge in [-0.2, -0.15) is 0 Å². The first kappa shape index (κ1) is 19.4. The summed E-state index contributed by atoms with van der Waals surface area (Å²) in [5.74, 6) is 1.09. The zero-order valence-corrected chi connectivity index (χ0v) is 14.8. The highest BCUT2D eigenvalue weighted by atomic mass is 35.5. The summed E-state index contributed by atoms with van der Waals surface area (Å²) in [7, 11) is 0. The number of halogens is 2. The maximum absolute atomic E-state index is 13.0. The Morgan fingerprint density at radius 3 is 2.42 bits per heavy atom. The number of rotatable bonds is 6. The molecule has 0 bridgehead atoms. The third-order valence-electron chi connectivity index (χ3n) is 3.57. The van der Waals surface area contributed by atoms with Crippen LogP contribution in [-0.2, 0) is 13.0 Å². The summed E-state index contributed by atoms with van der Waals surface area (Å²) < 4.78 is 18.7. The lowest BCUT2D eigenvalue weighted by Gasteiger charge is -2.13. The van der Waals surface area contributed by atoms with Gasteiger partial charge >= 0.3 is 0 Å². The van der Waals surface area contributed by atoms with E-state index in [9.17, 15) is 4.39 Å². The van der Waals surface area contributed by atoms with Crippen molar-refractivity contribution in [1.29, 1.82) is 5.41 Å². The zero-order valence-electron chi connectivity index (χ0n) is 14.0. The molecule has 0 spiro atoms. The first-order valence-corrected chi connectivity index (χ1v) is 7.91. The molecule has 2 N–H and O–H groups in total. The molecule has 0 fully saturated rings. The molecule has 6 heteroatoms. The summed E-state index contributed by atoms with van der Waals surface area (Å²) >= 11 is 0. The Labute approximate surface area is 158 Å². The van der Waals surface area contributed by atoms with Crippen LogP contribution in [0.1, 0.15) is 11.1 Å². The van der Waals surface area contributed by atoms with E-state index >= 15 is 0 Å². The average Bonchev–Trinajstić information content (AvgIpc) is 2.63. The van der Waals surface area contributed by atoms with Crippen molar-refractivity contribution < 1.29 is 9.13 Å². The van der Waals surface area contributed by atoms with E-state index in [1.807, 2.05) is 30.3 Å². The van der Waals surface area contributed by atoms with Crippen LogP contribution in [0.4, 0.5) is 10.2 Å². The van der Waals surface area contributed by atoms with Crippen LogP contribution in [-0.4, -0.2) is 10.8 Å². The Morgan fingerprint density at radius 1 is 0.962 bits per heavy atom. The Morgan fingerprint density at radius 2 is 1.69 bits per heavy atom. The second-order valence-corrected chi connectivity index (χ2v) is 5.53. The van der Waals surface area contributed by atoms with Gasteiger partial charge in [-0.3, -0.25) is 5.41 Å². The summed E-state index contributed by atoms with van der Waals surface area (Å²) in [6, 6.07) is 19.5. The second kappa shape index (κ2) is 9.53. The van der Waals surface area contributed by atoms with Gasteiger partial charge in [0.05, 0.1) is 0 Å². The number of aromatic nitrogens is 1. The van der Waals surface area contributed by atoms with Crippen molar-refractivity contribution in [3.05, 3.63) is 89.9 Å². The van der Waals surface area contributed by atoms with E-state index in [0.29, 0.717) is 30.4 Å². The number of hydrogen-bond acceptors (Lipinski definition) is 3. The molecule has 1 aromatic heterocycles. The quantitative estimate of drug-likeness (QED) is 0.481. The van der Waals surface area contributed by atoms with Gasteiger partial charge in [0.25, 0.3) is 0 Å². The molecule has 26 heavy (non-hydrogen) atoms. The van der Waals surface area contributed by atoms with Gasteiger partial charge in [-0.05, 0) is 35.4 Å². The van der Waals surface area contributed by atoms with Crippen LogP contribution in [0, 0.1) is 11.2 Å². The lowest BCUT2D eigenvalue weighted by Crippen LogP contribution is -2.15. The maximum Gasteiger partial charge on any atom is 0.174 e. The van der Waals surface area contributed by atoms with Crippen LogP contribution in [0.2, 0.25) is 0 Å². The Hall–Kier alpha value is -2.92. The Balaban J connectivity index is 0.00000243. The Bertz CT molecular complexity index is 841. The van der Waals surface area contributed by atoms with Crippen LogP contribution in [0.25, 0.3) is 0 Å². The van der Waals surface area contributed by atoms with Gasteiger partial charge < -0.3 is 10.1 Å². The van der Waals surface area contributed by atoms with Gasteiger partial charge in [-0.15, -0.1) is 12.4 Å². The van der Waals surface area contributed by atoms with Crippen molar-refractivity contribution >= 4 is 24.1 Å². The van der Waals surface area contributed by atoms with Crippen molar-refractivity contribution in [2.75, 3.05) is 5.32 Å². The fraction of sp³-hybridized carbons (Fsp3) is 0.100. The molecule has 4 nitrogen and oxygen atoms in total. The molecule has 3 aromatic rings. The predicted octanol–water partition coefficient (Wildman–Crippen LogP) is 4.85. The van der Waals surface area contributed by atoms with Crippen LogP contribution in [0.3, 0.4) is 0 Å². The van der Waals surface area contributed by atoms with Gasteiger partial charge in [-0.25, -0.2) is 9.37 Å². The van der Waals surface area contributed by atoms with Gasteiger partial charge in [0, 0.05) is 12.6 Å². The number of ether oxygens (including phenoxy) is 1. The molecule has 1 heterocycles. The second-order valence-electron chi connectivity index (χ2n) is 5.53. The minimum absolute atomic E-state index is 0. The topological polar surface area (TPSA) is 58.0 Å². The largest absolute Gasteiger partial charge is 0.485 e. The van der Waals surface area contributed by atoms with Crippen LogP contribution < -0.4 is 10.1 Å². The molecule has 0 atom stereocenters. The van der Waals surface area contributed by atoms with Crippen molar-refractivity contribution in [3.63, 3.8) is 0 Å². The normalized spacial score (nSPS) is 9.88. The number of pyridine rings is 1. The van der Waals surface area contributed by atoms with Crippen molar-refractivity contribution in [2.24, 2.45) is 0 Å². The minimum atomic E-state index is -0.276. The fourth-order valence-electron chi connectivity index (χ4n) is 2.33. The van der Waals surface area contributed by atoms with E-state index in [-0.39, 0.29) is 18.2 Å². The molecule has 0 unspecified atom stereocenters. The molecular formula is C20H19ClFN3O. The third kappa shape index (κ3) is 5.57. The lowest BCUT2D eigenvalue weighted by molar-refractivity contribution is 0.306. The number of benzene rings is 2. The van der Waals surface area contributed by atoms with Gasteiger partial charge in [0.15, 0.2) is 11.6 Å². The standard InChI is InChI=1S/C20H18FN3O.ClH/c21-17-10-8-16(9-11-17)14-25-18-7-4-12-23-20(18)24-19(22)13-15-5-2-1-3-6-15;/h1-12H,13-14H2,(H2,22,23,24);1H. The summed E-state index contributed by atoms with van der Waals surface area (Å²) in [6.45, 7) is 0.298. The molecule has 0 amide bonds. The van der Waals surface area contributed by atoms with E-state index in [2.05, 4.69) is 10.3 Å². The highest BCUT2D eigenvalue weighted by Crippen LogP contribution is 2.22. The monoisotopic (exact) mass is 371 g/mol. The molecule has 0 aliphatic rings. The molecule has 0 saturated heterocycles. The minimum Gasteiger partial charge on any atom is -0.485 e. The number of anilines is 1. The van der Waals surface area contributed by atoms with Crippen LogP contribution in [0.5, 0.6) is 5.75 Å². The Kier molecular flexibility index (Phi) is 7.12. The zero-order chi connectivity index (χ0) is 17.5. The first-order valence-electron chi connectivity index (χ1n) is 7.91. The summed E-state index contributed by atoms with van der Waals surface area (Å²) in [6.07, 6.45) is 2.12. The lowest BCUT2D eigenvalue weighted by atomic mass is 10.1. The molecule has 3 rings (SSSR count). The van der Waals surface area contributed by atoms with Gasteiger partial charge in [-0.1, -0.05) is 42.5 Å². The average molecular weight is 372 g/mol. The maximum atomic E-state index is 13.0. The van der Waals surface area contributed by atoms with Crippen molar-refractivity contribution in [3.8, 4) is 5.75 Å². The van der Waals surface area contributed by atoms with Crippen LogP contribution in [0.15, 0.2) is 72.9 Å². The number of nitrogens with zero attached hydrogens (tertiary/aromatic N) is 1. The molecule has 0 saturated carbocycles. The summed E-state index contributed by atoms with van der Waals surface area (Å²) in [5, 5.41) is 11.1. The predicted molar refractivity (Wildman–Crippen MR) is 104 cm³/mol. The van der Waals surface area contributed by atoms with Gasteiger partial charge in [0.1, 0.15) is 18.3 Å². The molecule has 2 aromatic carbocycles. The third-order valence-corrected chi connectivity index (χ3v) is 3.57. The SMILES string of the molecule is Cl.N=C(Cc1ccccc1)Nc1ncccc1OCc1ccc(F)cc1. The molecule has 0 aliphatic carbocycles. The van der Waals surface area contributed by atoms with Crippen LogP contribution >= 0.6 is 12.4 Å². The smallest absolute Gasteiger partial charge is 0.174 e. The summed E-state index contributed by atoms with van der Waals surface area (Å²) in [4.78, 5) is 4.25. The first-order chi connectivity index (χ1) is 12.2. The number of amidine groups is 1. The number of hydrogen-bond donors (Lipinski definition) is 2. The molecule has 0 aliphatic heterocycles. The highest BCUT2D eigenvalue weighted by Gasteiger charge is 2.08. The molecular weight excluding hydrogens is 353 g/mol. The van der Waals surface area contributed by atoms with E-state index < -0.39 is 0 Å². The highest BCUT2D eigenvalue weighted by molar-refractivity contribution is 5.94. The molecule has 134 valence electrons. The summed E-state index contributed by atoms with van der Waals surface area (Å²) in [5.41, 5.74) is 1.90. The number of nitrogens with one attached hydrogen (secondary N) is 2. The van der Waals surface area contributed by atoms with E-state index in [0.717, 1.165) is 11.1 Å². The molecule has 0 radical (unpaired) electrons. The van der Waals surface area contributed by atoms with E-state index in [1.54, 1.807) is 30.5 Å².